The van der Waals surface area contributed by atoms with Crippen molar-refractivity contribution >= 4 is 0 Å². The molecule has 1 aliphatic rings. The average molecular weight is 219 g/mol. The summed E-state index contributed by atoms with van der Waals surface area (Å²) >= 11 is 0. The van der Waals surface area contributed by atoms with Crippen LogP contribution in [0, 0.1) is 0 Å². The molecule has 0 fully saturated rings. The van der Waals surface area contributed by atoms with Crippen molar-refractivity contribution < 1.29 is 4.74 Å². The summed E-state index contributed by atoms with van der Waals surface area (Å²) in [5.41, 5.74) is 8.44. The third-order valence-corrected chi connectivity index (χ3v) is 3.07. The lowest BCUT2D eigenvalue weighted by atomic mass is 9.92. The van der Waals surface area contributed by atoms with E-state index in [1.165, 1.54) is 11.1 Å². The summed E-state index contributed by atoms with van der Waals surface area (Å²) in [5.74, 6) is 1.05. The van der Waals surface area contributed by atoms with Crippen molar-refractivity contribution in [3.8, 4) is 5.75 Å². The maximum absolute atomic E-state index is 5.95. The highest BCUT2D eigenvalue weighted by Crippen LogP contribution is 2.33. The molecule has 1 heterocycles. The van der Waals surface area contributed by atoms with Crippen molar-refractivity contribution in [3.05, 3.63) is 29.3 Å². The van der Waals surface area contributed by atoms with Gasteiger partial charge in [0.2, 0.25) is 0 Å². The molecule has 0 saturated heterocycles. The SMILES string of the molecule is CC(N)Cc1ccc2c(c1)CCC(C)(C)O2. The largest absolute Gasteiger partial charge is 0.488 e. The van der Waals surface area contributed by atoms with Gasteiger partial charge in [-0.15, -0.1) is 0 Å². The topological polar surface area (TPSA) is 35.2 Å². The maximum atomic E-state index is 5.95. The minimum Gasteiger partial charge on any atom is -0.488 e. The maximum Gasteiger partial charge on any atom is 0.123 e. The Morgan fingerprint density at radius 2 is 2.19 bits per heavy atom. The Bertz CT molecular complexity index is 382. The first-order valence-corrected chi connectivity index (χ1v) is 6.03. The van der Waals surface area contributed by atoms with E-state index in [2.05, 4.69) is 32.0 Å². The van der Waals surface area contributed by atoms with Gasteiger partial charge in [-0.3, -0.25) is 0 Å². The van der Waals surface area contributed by atoms with Crippen molar-refractivity contribution in [3.63, 3.8) is 0 Å². The van der Waals surface area contributed by atoms with Crippen LogP contribution in [0.4, 0.5) is 0 Å². The molecule has 0 amide bonds. The van der Waals surface area contributed by atoms with Crippen LogP contribution in [0.25, 0.3) is 0 Å². The molecular formula is C14H21NO. The number of aryl methyl sites for hydroxylation is 1. The van der Waals surface area contributed by atoms with Gasteiger partial charge in [-0.05, 0) is 57.2 Å². The van der Waals surface area contributed by atoms with Gasteiger partial charge < -0.3 is 10.5 Å². The van der Waals surface area contributed by atoms with Crippen LogP contribution in [-0.4, -0.2) is 11.6 Å². The van der Waals surface area contributed by atoms with Crippen LogP contribution in [0.1, 0.15) is 38.3 Å². The van der Waals surface area contributed by atoms with Gasteiger partial charge >= 0.3 is 0 Å². The lowest BCUT2D eigenvalue weighted by molar-refractivity contribution is 0.0846. The number of nitrogens with two attached hydrogens (primary N) is 1. The molecule has 0 bridgehead atoms. The third kappa shape index (κ3) is 2.56. The molecule has 2 N–H and O–H groups in total. The number of benzene rings is 1. The molecular weight excluding hydrogens is 198 g/mol. The molecule has 1 aliphatic heterocycles. The van der Waals surface area contributed by atoms with Gasteiger partial charge in [0.1, 0.15) is 11.4 Å². The monoisotopic (exact) mass is 219 g/mol. The van der Waals surface area contributed by atoms with Gasteiger partial charge in [-0.25, -0.2) is 0 Å². The fraction of sp³-hybridized carbons (Fsp3) is 0.571. The molecule has 1 aromatic carbocycles. The van der Waals surface area contributed by atoms with Crippen LogP contribution >= 0.6 is 0 Å². The van der Waals surface area contributed by atoms with Crippen LogP contribution in [0.15, 0.2) is 18.2 Å². The second-order valence-corrected chi connectivity index (χ2v) is 5.49. The first-order valence-electron chi connectivity index (χ1n) is 6.03. The molecule has 0 saturated carbocycles. The van der Waals surface area contributed by atoms with Crippen molar-refractivity contribution in [2.45, 2.75) is 51.7 Å². The zero-order valence-corrected chi connectivity index (χ0v) is 10.4. The molecule has 2 heteroatoms. The van der Waals surface area contributed by atoms with Crippen molar-refractivity contribution in [1.29, 1.82) is 0 Å². The summed E-state index contributed by atoms with van der Waals surface area (Å²) in [6, 6.07) is 6.69. The Morgan fingerprint density at radius 3 is 2.88 bits per heavy atom. The normalized spacial score (nSPS) is 19.8. The van der Waals surface area contributed by atoms with Gasteiger partial charge in [0.25, 0.3) is 0 Å². The van der Waals surface area contributed by atoms with E-state index in [0.717, 1.165) is 25.0 Å². The van der Waals surface area contributed by atoms with E-state index in [0.29, 0.717) is 0 Å². The first-order chi connectivity index (χ1) is 7.46. The van der Waals surface area contributed by atoms with Crippen molar-refractivity contribution in [2.24, 2.45) is 5.73 Å². The second-order valence-electron chi connectivity index (χ2n) is 5.49. The second kappa shape index (κ2) is 4.10. The third-order valence-electron chi connectivity index (χ3n) is 3.07. The van der Waals surface area contributed by atoms with Crippen LogP contribution in [0.5, 0.6) is 5.75 Å². The lowest BCUT2D eigenvalue weighted by Crippen LogP contribution is -2.32. The highest BCUT2D eigenvalue weighted by molar-refractivity contribution is 5.39. The van der Waals surface area contributed by atoms with Gasteiger partial charge in [0.05, 0.1) is 0 Å². The van der Waals surface area contributed by atoms with E-state index in [4.69, 9.17) is 10.5 Å². The van der Waals surface area contributed by atoms with E-state index in [-0.39, 0.29) is 11.6 Å². The number of ether oxygens (including phenoxy) is 1. The van der Waals surface area contributed by atoms with Gasteiger partial charge in [0, 0.05) is 6.04 Å². The van der Waals surface area contributed by atoms with Crippen molar-refractivity contribution in [2.75, 3.05) is 0 Å². The first kappa shape index (κ1) is 11.5. The van der Waals surface area contributed by atoms with Crippen molar-refractivity contribution in [1.82, 2.24) is 0 Å². The van der Waals surface area contributed by atoms with E-state index >= 15 is 0 Å². The molecule has 0 aliphatic carbocycles. The molecule has 1 unspecified atom stereocenters. The smallest absolute Gasteiger partial charge is 0.123 e. The van der Waals surface area contributed by atoms with E-state index in [9.17, 15) is 0 Å². The minimum absolute atomic E-state index is 0.0182. The molecule has 0 aromatic heterocycles. The fourth-order valence-electron chi connectivity index (χ4n) is 2.21. The average Bonchev–Trinajstić information content (AvgIpc) is 2.16. The summed E-state index contributed by atoms with van der Waals surface area (Å²) in [6.45, 7) is 6.33. The Kier molecular flexibility index (Phi) is 2.94. The summed E-state index contributed by atoms with van der Waals surface area (Å²) in [7, 11) is 0. The summed E-state index contributed by atoms with van der Waals surface area (Å²) < 4.78 is 5.95. The molecule has 0 radical (unpaired) electrons. The molecule has 2 nitrogen and oxygen atoms in total. The van der Waals surface area contributed by atoms with Gasteiger partial charge in [0.15, 0.2) is 0 Å². The van der Waals surface area contributed by atoms with Crippen LogP contribution in [0.3, 0.4) is 0 Å². The molecule has 0 spiro atoms. The molecule has 1 atom stereocenters. The van der Waals surface area contributed by atoms with Crippen LogP contribution in [-0.2, 0) is 12.8 Å². The Balaban J connectivity index is 2.21. The zero-order chi connectivity index (χ0) is 11.8. The molecule has 2 rings (SSSR count). The highest BCUT2D eigenvalue weighted by Gasteiger charge is 2.26. The van der Waals surface area contributed by atoms with E-state index < -0.39 is 0 Å². The van der Waals surface area contributed by atoms with Gasteiger partial charge in [-0.1, -0.05) is 12.1 Å². The standard InChI is InChI=1S/C14H21NO/c1-10(15)8-11-4-5-13-12(9-11)6-7-14(2,3)16-13/h4-5,9-10H,6-8,15H2,1-3H3. The Morgan fingerprint density at radius 1 is 1.44 bits per heavy atom. The summed E-state index contributed by atoms with van der Waals surface area (Å²) in [5, 5.41) is 0. The molecule has 88 valence electrons. The van der Waals surface area contributed by atoms with E-state index in [1.54, 1.807) is 0 Å². The summed E-state index contributed by atoms with van der Waals surface area (Å²) in [4.78, 5) is 0. The Hall–Kier alpha value is -1.02. The number of rotatable bonds is 2. The van der Waals surface area contributed by atoms with E-state index in [1.807, 2.05) is 6.92 Å². The predicted octanol–water partition coefficient (Wildman–Crippen LogP) is 2.68. The minimum atomic E-state index is -0.0182. The molecule has 16 heavy (non-hydrogen) atoms. The Labute approximate surface area is 97.8 Å². The highest BCUT2D eigenvalue weighted by atomic mass is 16.5. The summed E-state index contributed by atoms with van der Waals surface area (Å²) in [6.07, 6.45) is 3.13. The lowest BCUT2D eigenvalue weighted by Gasteiger charge is -2.32. The van der Waals surface area contributed by atoms with Crippen LogP contribution in [0.2, 0.25) is 0 Å². The predicted molar refractivity (Wildman–Crippen MR) is 66.8 cm³/mol. The van der Waals surface area contributed by atoms with Gasteiger partial charge in [-0.2, -0.15) is 0 Å². The number of fused-ring (bicyclic) bond motifs is 1. The quantitative estimate of drug-likeness (QED) is 0.830. The fourth-order valence-corrected chi connectivity index (χ4v) is 2.21. The zero-order valence-electron chi connectivity index (χ0n) is 10.4. The van der Waals surface area contributed by atoms with Crippen LogP contribution < -0.4 is 10.5 Å². The number of hydrogen-bond acceptors (Lipinski definition) is 2. The molecule has 1 aromatic rings. The number of hydrogen-bond donors (Lipinski definition) is 1.